The van der Waals surface area contributed by atoms with Gasteiger partial charge in [-0.05, 0) is 45.7 Å². The van der Waals surface area contributed by atoms with Gasteiger partial charge < -0.3 is 14.8 Å². The lowest BCUT2D eigenvalue weighted by molar-refractivity contribution is -0.138. The first-order chi connectivity index (χ1) is 15.7. The topological polar surface area (TPSA) is 77.0 Å². The van der Waals surface area contributed by atoms with Crippen LogP contribution in [0.5, 0.6) is 0 Å². The SMILES string of the molecule is COC(=O)C1=C(C(=O)OC)SC(=C2C(=NC3CCCCC3)C(C)(C)Nc3ccc(C)cc32)S1. The van der Waals surface area contributed by atoms with E-state index in [4.69, 9.17) is 14.5 Å². The van der Waals surface area contributed by atoms with Gasteiger partial charge in [0, 0.05) is 16.8 Å². The Bertz CT molecular complexity index is 1050. The number of nitrogens with one attached hydrogen (secondary N) is 1. The summed E-state index contributed by atoms with van der Waals surface area (Å²) in [4.78, 5) is 30.9. The second kappa shape index (κ2) is 9.58. The smallest absolute Gasteiger partial charge is 0.346 e. The van der Waals surface area contributed by atoms with E-state index in [-0.39, 0.29) is 15.9 Å². The van der Waals surface area contributed by atoms with E-state index in [1.165, 1.54) is 57.0 Å². The monoisotopic (exact) mass is 486 g/mol. The van der Waals surface area contributed by atoms with Crippen molar-refractivity contribution in [3.05, 3.63) is 43.4 Å². The molecule has 0 unspecified atom stereocenters. The Kier molecular flexibility index (Phi) is 6.96. The van der Waals surface area contributed by atoms with Crippen molar-refractivity contribution in [1.29, 1.82) is 0 Å². The highest BCUT2D eigenvalue weighted by Gasteiger charge is 2.41. The quantitative estimate of drug-likeness (QED) is 0.551. The van der Waals surface area contributed by atoms with Crippen molar-refractivity contribution < 1.29 is 19.1 Å². The summed E-state index contributed by atoms with van der Waals surface area (Å²) in [5, 5.41) is 3.67. The van der Waals surface area contributed by atoms with Crippen molar-refractivity contribution in [3.8, 4) is 0 Å². The molecule has 4 rings (SSSR count). The predicted molar refractivity (Wildman–Crippen MR) is 136 cm³/mol. The lowest BCUT2D eigenvalue weighted by atomic mass is 9.82. The predicted octanol–water partition coefficient (Wildman–Crippen LogP) is 5.68. The molecule has 0 atom stereocenters. The Hall–Kier alpha value is -2.19. The number of fused-ring (bicyclic) bond motifs is 1. The standard InChI is InChI=1S/C25H30N2O4S2/c1-14-11-12-17-16(13-14)18(21(25(2,3)27-17)26-15-9-7-6-8-10-15)24-32-19(22(28)30-4)20(33-24)23(29)31-5/h11-13,15,27H,6-10H2,1-5H3. The molecule has 1 aliphatic carbocycles. The molecule has 1 fully saturated rings. The third kappa shape index (κ3) is 4.73. The fourth-order valence-corrected chi connectivity index (χ4v) is 7.08. The minimum absolute atomic E-state index is 0.263. The third-order valence-electron chi connectivity index (χ3n) is 6.15. The number of aliphatic imine (C=N–C) groups is 1. The summed E-state index contributed by atoms with van der Waals surface area (Å²) < 4.78 is 10.8. The van der Waals surface area contributed by atoms with Gasteiger partial charge in [0.25, 0.3) is 0 Å². The molecule has 1 aromatic carbocycles. The summed E-state index contributed by atoms with van der Waals surface area (Å²) in [7, 11) is 2.64. The van der Waals surface area contributed by atoms with Crippen molar-refractivity contribution in [2.75, 3.05) is 19.5 Å². The molecule has 6 nitrogen and oxygen atoms in total. The van der Waals surface area contributed by atoms with Crippen molar-refractivity contribution in [1.82, 2.24) is 0 Å². The number of anilines is 1. The number of esters is 2. The molecule has 33 heavy (non-hydrogen) atoms. The number of hydrogen-bond donors (Lipinski definition) is 1. The Labute approximate surface area is 203 Å². The number of thioether (sulfide) groups is 2. The maximum absolute atomic E-state index is 12.5. The fourth-order valence-electron chi connectivity index (χ4n) is 4.49. The molecule has 1 saturated carbocycles. The zero-order chi connectivity index (χ0) is 23.8. The highest BCUT2D eigenvalue weighted by atomic mass is 32.2. The second-order valence-corrected chi connectivity index (χ2v) is 11.4. The molecule has 0 aromatic heterocycles. The van der Waals surface area contributed by atoms with Gasteiger partial charge in [-0.2, -0.15) is 0 Å². The highest BCUT2D eigenvalue weighted by molar-refractivity contribution is 8.29. The van der Waals surface area contributed by atoms with E-state index in [9.17, 15) is 9.59 Å². The molecule has 2 heterocycles. The Morgan fingerprint density at radius 3 is 2.21 bits per heavy atom. The van der Waals surface area contributed by atoms with E-state index in [1.807, 2.05) is 0 Å². The average Bonchev–Trinajstić information content (AvgIpc) is 3.24. The van der Waals surface area contributed by atoms with E-state index >= 15 is 0 Å². The molecule has 3 aliphatic rings. The van der Waals surface area contributed by atoms with Crippen LogP contribution in [0.2, 0.25) is 0 Å². The van der Waals surface area contributed by atoms with E-state index in [2.05, 4.69) is 44.3 Å². The zero-order valence-electron chi connectivity index (χ0n) is 19.7. The van der Waals surface area contributed by atoms with Crippen LogP contribution in [0.4, 0.5) is 5.69 Å². The van der Waals surface area contributed by atoms with Crippen molar-refractivity contribution in [3.63, 3.8) is 0 Å². The number of carbonyl (C=O) groups excluding carboxylic acids is 2. The van der Waals surface area contributed by atoms with Crippen LogP contribution in [0.25, 0.3) is 5.57 Å². The number of benzene rings is 1. The third-order valence-corrected chi connectivity index (χ3v) is 8.71. The largest absolute Gasteiger partial charge is 0.465 e. The minimum atomic E-state index is -0.535. The number of carbonyl (C=O) groups is 2. The maximum atomic E-state index is 12.5. The Balaban J connectivity index is 1.91. The first-order valence-corrected chi connectivity index (χ1v) is 12.9. The second-order valence-electron chi connectivity index (χ2n) is 9.08. The van der Waals surface area contributed by atoms with E-state index in [0.29, 0.717) is 0 Å². The fraction of sp³-hybridized carbons (Fsp3) is 0.480. The van der Waals surface area contributed by atoms with Crippen molar-refractivity contribution in [2.45, 2.75) is 64.5 Å². The van der Waals surface area contributed by atoms with E-state index < -0.39 is 17.5 Å². The van der Waals surface area contributed by atoms with Crippen LogP contribution in [0.1, 0.15) is 57.1 Å². The number of ether oxygens (including phenoxy) is 2. The van der Waals surface area contributed by atoms with Crippen LogP contribution in [0.3, 0.4) is 0 Å². The zero-order valence-corrected chi connectivity index (χ0v) is 21.4. The summed E-state index contributed by atoms with van der Waals surface area (Å²) in [5.74, 6) is -1.07. The van der Waals surface area contributed by atoms with Gasteiger partial charge in [0.15, 0.2) is 0 Å². The molecular formula is C25H30N2O4S2. The molecule has 0 saturated heterocycles. The average molecular weight is 487 g/mol. The van der Waals surface area contributed by atoms with Gasteiger partial charge in [0.1, 0.15) is 9.81 Å². The summed E-state index contributed by atoms with van der Waals surface area (Å²) in [6.45, 7) is 6.34. The Morgan fingerprint density at radius 1 is 1.03 bits per heavy atom. The van der Waals surface area contributed by atoms with Gasteiger partial charge in [0.05, 0.1) is 35.7 Å². The van der Waals surface area contributed by atoms with Gasteiger partial charge >= 0.3 is 11.9 Å². The van der Waals surface area contributed by atoms with E-state index in [0.717, 1.165) is 45.2 Å². The molecule has 2 aliphatic heterocycles. The summed E-state index contributed by atoms with van der Waals surface area (Å²) in [5.41, 5.74) is 4.73. The van der Waals surface area contributed by atoms with Crippen molar-refractivity contribution >= 4 is 52.4 Å². The van der Waals surface area contributed by atoms with Crippen LogP contribution in [-0.2, 0) is 19.1 Å². The Morgan fingerprint density at radius 2 is 1.64 bits per heavy atom. The molecule has 0 spiro atoms. The van der Waals surface area contributed by atoms with Gasteiger partial charge in [-0.25, -0.2) is 9.59 Å². The van der Waals surface area contributed by atoms with Crippen LogP contribution in [0.15, 0.2) is 37.2 Å². The molecule has 0 amide bonds. The molecule has 1 aromatic rings. The highest BCUT2D eigenvalue weighted by Crippen LogP contribution is 2.55. The number of rotatable bonds is 3. The lowest BCUT2D eigenvalue weighted by Crippen LogP contribution is -2.45. The summed E-state index contributed by atoms with van der Waals surface area (Å²) in [6.07, 6.45) is 5.83. The molecular weight excluding hydrogens is 456 g/mol. The van der Waals surface area contributed by atoms with Crippen LogP contribution >= 0.6 is 23.5 Å². The minimum Gasteiger partial charge on any atom is -0.465 e. The molecule has 0 radical (unpaired) electrons. The first kappa shape index (κ1) is 24.0. The molecule has 0 bridgehead atoms. The number of hydrogen-bond acceptors (Lipinski definition) is 8. The van der Waals surface area contributed by atoms with E-state index in [1.54, 1.807) is 0 Å². The molecule has 1 N–H and O–H groups in total. The van der Waals surface area contributed by atoms with Gasteiger partial charge in [-0.15, -0.1) is 0 Å². The normalized spacial score (nSPS) is 21.7. The lowest BCUT2D eigenvalue weighted by Gasteiger charge is -2.39. The van der Waals surface area contributed by atoms with Crippen molar-refractivity contribution in [2.24, 2.45) is 4.99 Å². The summed E-state index contributed by atoms with van der Waals surface area (Å²) >= 11 is 2.55. The number of aryl methyl sites for hydroxylation is 1. The van der Waals surface area contributed by atoms with Crippen LogP contribution in [-0.4, -0.2) is 43.5 Å². The first-order valence-electron chi connectivity index (χ1n) is 11.2. The molecule has 176 valence electrons. The number of nitrogens with zero attached hydrogens (tertiary/aromatic N) is 1. The van der Waals surface area contributed by atoms with Crippen LogP contribution in [0, 0.1) is 6.92 Å². The van der Waals surface area contributed by atoms with Gasteiger partial charge in [0.2, 0.25) is 0 Å². The molecule has 8 heteroatoms. The van der Waals surface area contributed by atoms with Gasteiger partial charge in [-0.3, -0.25) is 4.99 Å². The summed E-state index contributed by atoms with van der Waals surface area (Å²) in [6, 6.07) is 6.59. The van der Waals surface area contributed by atoms with Gasteiger partial charge in [-0.1, -0.05) is 54.4 Å². The number of methoxy groups -OCH3 is 2. The van der Waals surface area contributed by atoms with Crippen LogP contribution < -0.4 is 5.32 Å². The maximum Gasteiger partial charge on any atom is 0.346 e.